The Balaban J connectivity index is 1.47. The SMILES string of the molecule is Cc1cc(OC[C@]2(CC(=O)N3CCC(O)CC3)CCCN(C(=O)CCc3ccc(Cl)cc3)C2)cc(C)c1Cl. The smallest absolute Gasteiger partial charge is 0.223 e. The lowest BCUT2D eigenvalue weighted by molar-refractivity contribution is -0.142. The number of benzene rings is 2. The van der Waals surface area contributed by atoms with E-state index in [-0.39, 0.29) is 17.9 Å². The van der Waals surface area contributed by atoms with E-state index in [1.165, 1.54) is 0 Å². The molecule has 2 aromatic rings. The van der Waals surface area contributed by atoms with E-state index in [1.54, 1.807) is 0 Å². The standard InChI is InChI=1S/C30H38Cl2N2O4/c1-21-16-26(17-22(2)29(21)32)38-20-30(18-28(37)33-14-10-25(35)11-15-33)12-3-13-34(19-30)27(36)9-6-23-4-7-24(31)8-5-23/h4-5,7-8,16-17,25,35H,3,6,9-15,18-20H2,1-2H3/t30-/m0/s1. The number of halogens is 2. The van der Waals surface area contributed by atoms with Crippen molar-refractivity contribution in [3.63, 3.8) is 0 Å². The normalized spacial score (nSPS) is 20.4. The van der Waals surface area contributed by atoms with Crippen LogP contribution in [-0.2, 0) is 16.0 Å². The highest BCUT2D eigenvalue weighted by molar-refractivity contribution is 6.32. The van der Waals surface area contributed by atoms with Gasteiger partial charge in [0.2, 0.25) is 11.8 Å². The van der Waals surface area contributed by atoms with Crippen LogP contribution in [0.25, 0.3) is 0 Å². The number of aryl methyl sites for hydroxylation is 3. The quantitative estimate of drug-likeness (QED) is 0.456. The molecule has 0 radical (unpaired) electrons. The third kappa shape index (κ3) is 7.43. The number of amides is 2. The summed E-state index contributed by atoms with van der Waals surface area (Å²) in [4.78, 5) is 30.5. The Kier molecular flexibility index (Phi) is 9.61. The molecule has 2 aliphatic rings. The number of likely N-dealkylation sites (tertiary alicyclic amines) is 2. The molecule has 1 atom stereocenters. The predicted octanol–water partition coefficient (Wildman–Crippen LogP) is 5.60. The molecule has 6 nitrogen and oxygen atoms in total. The van der Waals surface area contributed by atoms with E-state index in [1.807, 2.05) is 60.0 Å². The first-order valence-corrected chi connectivity index (χ1v) is 14.3. The molecule has 2 saturated heterocycles. The highest BCUT2D eigenvalue weighted by atomic mass is 35.5. The Labute approximate surface area is 235 Å². The highest BCUT2D eigenvalue weighted by Gasteiger charge is 2.41. The molecule has 8 heteroatoms. The van der Waals surface area contributed by atoms with Gasteiger partial charge in [-0.3, -0.25) is 9.59 Å². The molecular weight excluding hydrogens is 523 g/mol. The number of aliphatic hydroxyl groups is 1. The van der Waals surface area contributed by atoms with Gasteiger partial charge in [-0.2, -0.15) is 0 Å². The van der Waals surface area contributed by atoms with Crippen LogP contribution >= 0.6 is 23.2 Å². The van der Waals surface area contributed by atoms with Gasteiger partial charge in [0.15, 0.2) is 0 Å². The molecule has 0 spiro atoms. The monoisotopic (exact) mass is 560 g/mol. The minimum atomic E-state index is -0.483. The number of piperidine rings is 2. The Morgan fingerprint density at radius 3 is 2.32 bits per heavy atom. The van der Waals surface area contributed by atoms with Gasteiger partial charge in [0.05, 0.1) is 12.7 Å². The van der Waals surface area contributed by atoms with Gasteiger partial charge < -0.3 is 19.6 Å². The van der Waals surface area contributed by atoms with E-state index in [0.29, 0.717) is 69.9 Å². The molecule has 1 N–H and O–H groups in total. The van der Waals surface area contributed by atoms with E-state index in [2.05, 4.69) is 0 Å². The van der Waals surface area contributed by atoms with Crippen LogP contribution in [0.1, 0.15) is 55.2 Å². The molecule has 0 aromatic heterocycles. The summed E-state index contributed by atoms with van der Waals surface area (Å²) in [6, 6.07) is 11.4. The van der Waals surface area contributed by atoms with Gasteiger partial charge >= 0.3 is 0 Å². The van der Waals surface area contributed by atoms with E-state index in [9.17, 15) is 14.7 Å². The zero-order valence-electron chi connectivity index (χ0n) is 22.3. The molecule has 2 fully saturated rings. The van der Waals surface area contributed by atoms with Crippen LogP contribution < -0.4 is 4.74 Å². The lowest BCUT2D eigenvalue weighted by Gasteiger charge is -2.43. The molecule has 0 aliphatic carbocycles. The maximum absolute atomic E-state index is 13.4. The molecular formula is C30H38Cl2N2O4. The van der Waals surface area contributed by atoms with Crippen LogP contribution in [0.15, 0.2) is 36.4 Å². The number of nitrogens with zero attached hydrogens (tertiary/aromatic N) is 2. The Morgan fingerprint density at radius 1 is 1.00 bits per heavy atom. The number of carbonyl (C=O) groups excluding carboxylic acids is 2. The summed E-state index contributed by atoms with van der Waals surface area (Å²) in [7, 11) is 0. The summed E-state index contributed by atoms with van der Waals surface area (Å²) in [6.45, 7) is 6.55. The lowest BCUT2D eigenvalue weighted by atomic mass is 9.77. The maximum atomic E-state index is 13.4. The van der Waals surface area contributed by atoms with Gasteiger partial charge in [0, 0.05) is 54.5 Å². The average molecular weight is 562 g/mol. The first-order valence-electron chi connectivity index (χ1n) is 13.5. The first-order chi connectivity index (χ1) is 18.1. The van der Waals surface area contributed by atoms with Crippen LogP contribution in [0.2, 0.25) is 10.0 Å². The number of aliphatic hydroxyl groups excluding tert-OH is 1. The van der Waals surface area contributed by atoms with Crippen LogP contribution in [-0.4, -0.2) is 65.6 Å². The van der Waals surface area contributed by atoms with Crippen molar-refractivity contribution >= 4 is 35.0 Å². The summed E-state index contributed by atoms with van der Waals surface area (Å²) < 4.78 is 6.32. The Bertz CT molecular complexity index is 1110. The van der Waals surface area contributed by atoms with Gasteiger partial charge in [-0.1, -0.05) is 35.3 Å². The fourth-order valence-electron chi connectivity index (χ4n) is 5.57. The van der Waals surface area contributed by atoms with E-state index >= 15 is 0 Å². The minimum Gasteiger partial charge on any atom is -0.493 e. The molecule has 2 aromatic carbocycles. The van der Waals surface area contributed by atoms with Crippen LogP contribution in [0.5, 0.6) is 5.75 Å². The molecule has 2 aliphatic heterocycles. The molecule has 0 saturated carbocycles. The van der Waals surface area contributed by atoms with Gasteiger partial charge in [0.1, 0.15) is 5.75 Å². The van der Waals surface area contributed by atoms with E-state index in [0.717, 1.165) is 40.3 Å². The van der Waals surface area contributed by atoms with Crippen molar-refractivity contribution in [1.82, 2.24) is 9.80 Å². The van der Waals surface area contributed by atoms with Crippen LogP contribution in [0.3, 0.4) is 0 Å². The van der Waals surface area contributed by atoms with Crippen LogP contribution in [0, 0.1) is 19.3 Å². The summed E-state index contributed by atoms with van der Waals surface area (Å²) in [5, 5.41) is 11.3. The number of ether oxygens (including phenoxy) is 1. The third-order valence-corrected chi connectivity index (χ3v) is 8.70. The second kappa shape index (κ2) is 12.7. The maximum Gasteiger partial charge on any atom is 0.223 e. The van der Waals surface area contributed by atoms with Crippen molar-refractivity contribution in [2.24, 2.45) is 5.41 Å². The lowest BCUT2D eigenvalue weighted by Crippen LogP contribution is -2.51. The Morgan fingerprint density at radius 2 is 1.66 bits per heavy atom. The second-order valence-electron chi connectivity index (χ2n) is 11.0. The third-order valence-electron chi connectivity index (χ3n) is 7.85. The van der Waals surface area contributed by atoms with Crippen molar-refractivity contribution in [1.29, 1.82) is 0 Å². The first kappa shape index (κ1) is 28.7. The van der Waals surface area contributed by atoms with E-state index in [4.69, 9.17) is 27.9 Å². The molecule has 0 unspecified atom stereocenters. The number of hydrogen-bond acceptors (Lipinski definition) is 4. The summed E-state index contributed by atoms with van der Waals surface area (Å²) in [5.41, 5.74) is 2.48. The van der Waals surface area contributed by atoms with Gasteiger partial charge in [-0.15, -0.1) is 0 Å². The number of hydrogen-bond donors (Lipinski definition) is 1. The number of carbonyl (C=O) groups is 2. The highest BCUT2D eigenvalue weighted by Crippen LogP contribution is 2.37. The fraction of sp³-hybridized carbons (Fsp3) is 0.533. The Hall–Kier alpha value is -2.28. The largest absolute Gasteiger partial charge is 0.493 e. The predicted molar refractivity (Wildman–Crippen MR) is 151 cm³/mol. The van der Waals surface area contributed by atoms with Crippen molar-refractivity contribution in [2.75, 3.05) is 32.8 Å². The summed E-state index contributed by atoms with van der Waals surface area (Å²) in [6.07, 6.45) is 3.87. The molecule has 206 valence electrons. The summed E-state index contributed by atoms with van der Waals surface area (Å²) >= 11 is 12.3. The number of rotatable bonds is 8. The van der Waals surface area contributed by atoms with Gasteiger partial charge in [0.25, 0.3) is 0 Å². The van der Waals surface area contributed by atoms with E-state index < -0.39 is 5.41 Å². The topological polar surface area (TPSA) is 70.1 Å². The van der Waals surface area contributed by atoms with Crippen molar-refractivity contribution < 1.29 is 19.4 Å². The van der Waals surface area contributed by atoms with Crippen molar-refractivity contribution in [3.05, 3.63) is 63.1 Å². The fourth-order valence-corrected chi connectivity index (χ4v) is 5.80. The zero-order valence-corrected chi connectivity index (χ0v) is 23.9. The van der Waals surface area contributed by atoms with Crippen molar-refractivity contribution in [3.8, 4) is 5.75 Å². The zero-order chi connectivity index (χ0) is 27.3. The van der Waals surface area contributed by atoms with Gasteiger partial charge in [-0.05, 0) is 86.9 Å². The van der Waals surface area contributed by atoms with Crippen molar-refractivity contribution in [2.45, 2.75) is 64.9 Å². The van der Waals surface area contributed by atoms with Crippen LogP contribution in [0.4, 0.5) is 0 Å². The molecule has 38 heavy (non-hydrogen) atoms. The molecule has 2 heterocycles. The molecule has 4 rings (SSSR count). The summed E-state index contributed by atoms with van der Waals surface area (Å²) in [5.74, 6) is 0.888. The minimum absolute atomic E-state index is 0.0689. The van der Waals surface area contributed by atoms with Gasteiger partial charge in [-0.25, -0.2) is 0 Å². The molecule has 0 bridgehead atoms. The average Bonchev–Trinajstić information content (AvgIpc) is 2.90. The second-order valence-corrected chi connectivity index (χ2v) is 11.8. The molecule has 2 amide bonds.